The minimum absolute atomic E-state index is 0.100. The summed E-state index contributed by atoms with van der Waals surface area (Å²) >= 11 is 1.33. The van der Waals surface area contributed by atoms with Gasteiger partial charge in [0, 0.05) is 23.6 Å². The van der Waals surface area contributed by atoms with Gasteiger partial charge in [0.15, 0.2) is 5.82 Å². The third-order valence-corrected chi connectivity index (χ3v) is 5.37. The summed E-state index contributed by atoms with van der Waals surface area (Å²) in [6, 6.07) is 19.2. The van der Waals surface area contributed by atoms with Crippen LogP contribution < -0.4 is 10.1 Å². The van der Waals surface area contributed by atoms with Crippen molar-refractivity contribution in [2.45, 2.75) is 12.1 Å². The second-order valence-electron chi connectivity index (χ2n) is 6.61. The number of nitrogens with zero attached hydrogens (tertiary/aromatic N) is 4. The lowest BCUT2D eigenvalue weighted by Gasteiger charge is -2.11. The number of carbonyl (C=O) groups is 1. The number of benzene rings is 2. The highest BCUT2D eigenvalue weighted by Crippen LogP contribution is 2.26. The Hall–Kier alpha value is -3.52. The summed E-state index contributed by atoms with van der Waals surface area (Å²) in [5, 5.41) is 12.2. The average Bonchev–Trinajstić information content (AvgIpc) is 3.43. The number of methoxy groups -OCH3 is 1. The molecule has 2 aromatic heterocycles. The van der Waals surface area contributed by atoms with E-state index in [1.807, 2.05) is 89.3 Å². The van der Waals surface area contributed by atoms with Gasteiger partial charge in [-0.1, -0.05) is 29.5 Å². The molecule has 0 unspecified atom stereocenters. The molecule has 4 aromatic rings. The van der Waals surface area contributed by atoms with E-state index in [1.165, 1.54) is 11.8 Å². The molecule has 152 valence electrons. The topological polar surface area (TPSA) is 74.0 Å². The van der Waals surface area contributed by atoms with Crippen molar-refractivity contribution in [1.29, 1.82) is 0 Å². The van der Waals surface area contributed by atoms with Crippen LogP contribution in [0.25, 0.3) is 11.4 Å². The standard InChI is InChI=1S/C22H21N5O2S/c1-16-5-9-18(10-6-16)23-20(28)15-30-22-25-24-21(27(22)26-13-3-4-14-26)17-7-11-19(29-2)12-8-17/h3-14H,15H2,1-2H3,(H,23,28). The largest absolute Gasteiger partial charge is 0.497 e. The van der Waals surface area contributed by atoms with Crippen LogP contribution in [0.5, 0.6) is 5.75 Å². The average molecular weight is 420 g/mol. The van der Waals surface area contributed by atoms with E-state index in [2.05, 4.69) is 15.5 Å². The molecule has 2 aromatic carbocycles. The minimum Gasteiger partial charge on any atom is -0.497 e. The highest BCUT2D eigenvalue weighted by Gasteiger charge is 2.17. The van der Waals surface area contributed by atoms with Gasteiger partial charge in [-0.15, -0.1) is 10.2 Å². The molecule has 4 rings (SSSR count). The number of aryl methyl sites for hydroxylation is 1. The molecule has 0 aliphatic heterocycles. The molecule has 0 saturated heterocycles. The summed E-state index contributed by atoms with van der Waals surface area (Å²) in [7, 11) is 1.63. The molecule has 30 heavy (non-hydrogen) atoms. The van der Waals surface area contributed by atoms with Crippen LogP contribution in [0.4, 0.5) is 5.69 Å². The second-order valence-corrected chi connectivity index (χ2v) is 7.55. The fourth-order valence-electron chi connectivity index (χ4n) is 2.91. The third-order valence-electron chi connectivity index (χ3n) is 4.45. The predicted molar refractivity (Wildman–Crippen MR) is 118 cm³/mol. The van der Waals surface area contributed by atoms with Gasteiger partial charge in [-0.2, -0.15) is 0 Å². The Morgan fingerprint density at radius 3 is 2.40 bits per heavy atom. The number of ether oxygens (including phenoxy) is 1. The van der Waals surface area contributed by atoms with Crippen LogP contribution in [0.2, 0.25) is 0 Å². The first-order chi connectivity index (χ1) is 14.6. The Morgan fingerprint density at radius 2 is 1.73 bits per heavy atom. The Kier molecular flexibility index (Phi) is 5.85. The van der Waals surface area contributed by atoms with Gasteiger partial charge in [0.2, 0.25) is 11.1 Å². The van der Waals surface area contributed by atoms with Crippen molar-refractivity contribution in [3.05, 3.63) is 78.6 Å². The van der Waals surface area contributed by atoms with Crippen molar-refractivity contribution in [1.82, 2.24) is 19.5 Å². The zero-order valence-corrected chi connectivity index (χ0v) is 17.5. The summed E-state index contributed by atoms with van der Waals surface area (Å²) in [6.45, 7) is 2.01. The number of thioether (sulfide) groups is 1. The van der Waals surface area contributed by atoms with Crippen LogP contribution >= 0.6 is 11.8 Å². The van der Waals surface area contributed by atoms with Crippen molar-refractivity contribution >= 4 is 23.4 Å². The number of anilines is 1. The zero-order valence-electron chi connectivity index (χ0n) is 16.6. The number of hydrogen-bond acceptors (Lipinski definition) is 5. The van der Waals surface area contributed by atoms with Crippen molar-refractivity contribution in [3.63, 3.8) is 0 Å². The molecule has 0 aliphatic rings. The van der Waals surface area contributed by atoms with E-state index >= 15 is 0 Å². The lowest BCUT2D eigenvalue weighted by atomic mass is 10.2. The predicted octanol–water partition coefficient (Wildman–Crippen LogP) is 4.11. The monoisotopic (exact) mass is 419 g/mol. The molecule has 1 amide bonds. The first-order valence-electron chi connectivity index (χ1n) is 9.37. The van der Waals surface area contributed by atoms with E-state index in [0.29, 0.717) is 11.0 Å². The second kappa shape index (κ2) is 8.87. The first kappa shape index (κ1) is 19.8. The van der Waals surface area contributed by atoms with Crippen molar-refractivity contribution in [3.8, 4) is 17.1 Å². The molecule has 0 saturated carbocycles. The van der Waals surface area contributed by atoms with Gasteiger partial charge in [-0.05, 0) is 55.5 Å². The molecule has 7 nitrogen and oxygen atoms in total. The quantitative estimate of drug-likeness (QED) is 0.457. The Morgan fingerprint density at radius 1 is 1.03 bits per heavy atom. The molecule has 8 heteroatoms. The molecule has 0 fully saturated rings. The van der Waals surface area contributed by atoms with E-state index in [-0.39, 0.29) is 11.7 Å². The smallest absolute Gasteiger partial charge is 0.234 e. The van der Waals surface area contributed by atoms with E-state index in [9.17, 15) is 4.79 Å². The van der Waals surface area contributed by atoms with Crippen LogP contribution in [0.15, 0.2) is 78.2 Å². The number of aromatic nitrogens is 4. The van der Waals surface area contributed by atoms with Crippen LogP contribution in [0, 0.1) is 6.92 Å². The lowest BCUT2D eigenvalue weighted by molar-refractivity contribution is -0.113. The van der Waals surface area contributed by atoms with E-state index < -0.39 is 0 Å². The first-order valence-corrected chi connectivity index (χ1v) is 10.4. The minimum atomic E-state index is -0.100. The van der Waals surface area contributed by atoms with Crippen molar-refractivity contribution in [2.75, 3.05) is 18.2 Å². The summed E-state index contributed by atoms with van der Waals surface area (Å²) in [5.74, 6) is 1.57. The summed E-state index contributed by atoms with van der Waals surface area (Å²) in [5.41, 5.74) is 2.82. The maximum absolute atomic E-state index is 12.4. The van der Waals surface area contributed by atoms with E-state index in [4.69, 9.17) is 4.74 Å². The van der Waals surface area contributed by atoms with Gasteiger partial charge in [-0.3, -0.25) is 9.47 Å². The molecule has 0 bridgehead atoms. The van der Waals surface area contributed by atoms with Crippen molar-refractivity contribution < 1.29 is 9.53 Å². The van der Waals surface area contributed by atoms with Crippen LogP contribution in [-0.2, 0) is 4.79 Å². The maximum atomic E-state index is 12.4. The van der Waals surface area contributed by atoms with E-state index in [1.54, 1.807) is 7.11 Å². The molecule has 0 atom stereocenters. The maximum Gasteiger partial charge on any atom is 0.234 e. The van der Waals surface area contributed by atoms with Gasteiger partial charge >= 0.3 is 0 Å². The van der Waals surface area contributed by atoms with Crippen molar-refractivity contribution in [2.24, 2.45) is 0 Å². The summed E-state index contributed by atoms with van der Waals surface area (Å²) in [4.78, 5) is 12.4. The summed E-state index contributed by atoms with van der Waals surface area (Å²) < 4.78 is 9.01. The zero-order chi connectivity index (χ0) is 20.9. The molecule has 2 heterocycles. The highest BCUT2D eigenvalue weighted by molar-refractivity contribution is 7.99. The third kappa shape index (κ3) is 4.38. The summed E-state index contributed by atoms with van der Waals surface area (Å²) in [6.07, 6.45) is 3.82. The number of carbonyl (C=O) groups excluding carboxylic acids is 1. The van der Waals surface area contributed by atoms with Crippen LogP contribution in [0.3, 0.4) is 0 Å². The number of amides is 1. The Balaban J connectivity index is 1.55. The molecule has 0 radical (unpaired) electrons. The highest BCUT2D eigenvalue weighted by atomic mass is 32.2. The van der Waals surface area contributed by atoms with Crippen LogP contribution in [0.1, 0.15) is 5.56 Å². The molecule has 0 aliphatic carbocycles. The lowest BCUT2D eigenvalue weighted by Crippen LogP contribution is -2.15. The van der Waals surface area contributed by atoms with E-state index in [0.717, 1.165) is 22.6 Å². The SMILES string of the molecule is COc1ccc(-c2nnc(SCC(=O)Nc3ccc(C)cc3)n2-n2cccc2)cc1. The number of hydrogen-bond donors (Lipinski definition) is 1. The normalized spacial score (nSPS) is 10.7. The van der Waals surface area contributed by atoms with Gasteiger partial charge in [0.05, 0.1) is 12.9 Å². The molecular formula is C22H21N5O2S. The Bertz CT molecular complexity index is 1120. The fourth-order valence-corrected chi connectivity index (χ4v) is 3.64. The molecular weight excluding hydrogens is 398 g/mol. The number of rotatable bonds is 7. The van der Waals surface area contributed by atoms with Gasteiger partial charge in [0.25, 0.3) is 0 Å². The van der Waals surface area contributed by atoms with Gasteiger partial charge in [0.1, 0.15) is 5.75 Å². The Labute approximate surface area is 178 Å². The van der Waals surface area contributed by atoms with Gasteiger partial charge < -0.3 is 10.1 Å². The fraction of sp³-hybridized carbons (Fsp3) is 0.136. The molecule has 0 spiro atoms. The number of nitrogens with one attached hydrogen (secondary N) is 1. The van der Waals surface area contributed by atoms with Gasteiger partial charge in [-0.25, -0.2) is 4.68 Å². The molecule has 1 N–H and O–H groups in total. The van der Waals surface area contributed by atoms with Crippen LogP contribution in [-0.4, -0.2) is 38.3 Å².